The molecule has 1 saturated heterocycles. The summed E-state index contributed by atoms with van der Waals surface area (Å²) in [7, 11) is -3.60. The van der Waals surface area contributed by atoms with Crippen molar-refractivity contribution in [2.24, 2.45) is 11.1 Å². The van der Waals surface area contributed by atoms with Crippen LogP contribution in [0.3, 0.4) is 0 Å². The number of hydrogen-bond acceptors (Lipinski definition) is 3. The Hall–Kier alpha value is -1.47. The molecule has 0 radical (unpaired) electrons. The maximum atomic E-state index is 12.9. The molecule has 20 heavy (non-hydrogen) atoms. The minimum atomic E-state index is -3.60. The van der Waals surface area contributed by atoms with Crippen LogP contribution in [0.1, 0.15) is 19.8 Å². The van der Waals surface area contributed by atoms with Crippen LogP contribution in [-0.4, -0.2) is 31.6 Å². The van der Waals surface area contributed by atoms with Crippen molar-refractivity contribution in [1.82, 2.24) is 4.31 Å². The lowest BCUT2D eigenvalue weighted by Crippen LogP contribution is -2.47. The molecule has 1 aromatic rings. The smallest absolute Gasteiger partial charge is 0.243 e. The van der Waals surface area contributed by atoms with Crippen molar-refractivity contribution < 1.29 is 12.8 Å². The summed E-state index contributed by atoms with van der Waals surface area (Å²) in [4.78, 5) is 0.0883. The van der Waals surface area contributed by atoms with Gasteiger partial charge in [-0.25, -0.2) is 12.8 Å². The summed E-state index contributed by atoms with van der Waals surface area (Å²) >= 11 is 0. The highest BCUT2D eigenvalue weighted by Crippen LogP contribution is 2.32. The third-order valence-corrected chi connectivity index (χ3v) is 5.84. The lowest BCUT2D eigenvalue weighted by atomic mass is 9.80. The number of piperidine rings is 1. The van der Waals surface area contributed by atoms with Crippen molar-refractivity contribution in [3.8, 4) is 0 Å². The van der Waals surface area contributed by atoms with Crippen LogP contribution in [0.25, 0.3) is 0 Å². The fourth-order valence-electron chi connectivity index (χ4n) is 2.25. The molecule has 1 heterocycles. The van der Waals surface area contributed by atoms with Crippen LogP contribution in [0.2, 0.25) is 0 Å². The quantitative estimate of drug-likeness (QED) is 0.656. The van der Waals surface area contributed by atoms with Gasteiger partial charge < -0.3 is 5.73 Å². The van der Waals surface area contributed by atoms with E-state index in [1.165, 1.54) is 16.4 Å². The minimum absolute atomic E-state index is 0.0883. The van der Waals surface area contributed by atoms with Crippen LogP contribution in [0, 0.1) is 16.6 Å². The fraction of sp³-hybridized carbons (Fsp3) is 0.462. The largest absolute Gasteiger partial charge is 0.387 e. The fourth-order valence-corrected chi connectivity index (χ4v) is 3.69. The van der Waals surface area contributed by atoms with Gasteiger partial charge >= 0.3 is 0 Å². The van der Waals surface area contributed by atoms with Crippen LogP contribution in [0.5, 0.6) is 0 Å². The monoisotopic (exact) mass is 299 g/mol. The van der Waals surface area contributed by atoms with Crippen molar-refractivity contribution in [3.05, 3.63) is 30.1 Å². The van der Waals surface area contributed by atoms with Crippen molar-refractivity contribution >= 4 is 15.9 Å². The van der Waals surface area contributed by atoms with Gasteiger partial charge in [-0.3, -0.25) is 5.41 Å². The summed E-state index contributed by atoms with van der Waals surface area (Å²) in [6.07, 6.45) is 1.03. The van der Waals surface area contributed by atoms with Gasteiger partial charge in [0.1, 0.15) is 5.82 Å². The number of benzene rings is 1. The minimum Gasteiger partial charge on any atom is -0.387 e. The molecule has 1 fully saturated rings. The highest BCUT2D eigenvalue weighted by atomic mass is 32.2. The van der Waals surface area contributed by atoms with E-state index in [2.05, 4.69) is 0 Å². The molecule has 0 spiro atoms. The summed E-state index contributed by atoms with van der Waals surface area (Å²) in [6.45, 7) is 2.50. The van der Waals surface area contributed by atoms with Crippen molar-refractivity contribution in [1.29, 1.82) is 5.41 Å². The van der Waals surface area contributed by atoms with Crippen LogP contribution < -0.4 is 5.73 Å². The van der Waals surface area contributed by atoms with E-state index in [4.69, 9.17) is 11.1 Å². The Labute approximate surface area is 118 Å². The maximum absolute atomic E-state index is 12.9. The first kappa shape index (κ1) is 14.9. The molecule has 0 bridgehead atoms. The number of amidine groups is 1. The van der Waals surface area contributed by atoms with Crippen LogP contribution in [-0.2, 0) is 10.0 Å². The number of hydrogen-bond donors (Lipinski definition) is 2. The van der Waals surface area contributed by atoms with Gasteiger partial charge in [0.2, 0.25) is 10.0 Å². The second-order valence-corrected chi connectivity index (χ2v) is 7.27. The molecule has 1 aromatic carbocycles. The second-order valence-electron chi connectivity index (χ2n) is 5.33. The molecule has 0 atom stereocenters. The van der Waals surface area contributed by atoms with Gasteiger partial charge in [0.05, 0.1) is 10.7 Å². The zero-order valence-electron chi connectivity index (χ0n) is 11.3. The van der Waals surface area contributed by atoms with Gasteiger partial charge in [-0.15, -0.1) is 0 Å². The van der Waals surface area contributed by atoms with E-state index in [0.717, 1.165) is 12.1 Å². The highest BCUT2D eigenvalue weighted by molar-refractivity contribution is 7.89. The van der Waals surface area contributed by atoms with E-state index in [9.17, 15) is 12.8 Å². The Bertz CT molecular complexity index is 605. The van der Waals surface area contributed by atoms with Gasteiger partial charge in [-0.05, 0) is 37.1 Å². The normalized spacial score (nSPS) is 19.7. The number of sulfonamides is 1. The number of nitrogens with one attached hydrogen (secondary N) is 1. The standard InChI is InChI=1S/C13H18FN3O2S/c1-13(12(15)16)6-8-17(9-7-13)20(18,19)11-4-2-10(14)3-5-11/h2-5H,6-9H2,1H3,(H3,15,16). The van der Waals surface area contributed by atoms with Gasteiger partial charge in [0.15, 0.2) is 0 Å². The lowest BCUT2D eigenvalue weighted by molar-refractivity contribution is 0.240. The summed E-state index contributed by atoms with van der Waals surface area (Å²) in [6, 6.07) is 4.81. The van der Waals surface area contributed by atoms with Crippen LogP contribution >= 0.6 is 0 Å². The van der Waals surface area contributed by atoms with E-state index >= 15 is 0 Å². The Kier molecular flexibility index (Phi) is 3.84. The lowest BCUT2D eigenvalue weighted by Gasteiger charge is -2.37. The van der Waals surface area contributed by atoms with Crippen LogP contribution in [0.15, 0.2) is 29.2 Å². The van der Waals surface area contributed by atoms with E-state index in [0.29, 0.717) is 25.9 Å². The molecule has 5 nitrogen and oxygen atoms in total. The number of rotatable bonds is 3. The summed E-state index contributed by atoms with van der Waals surface area (Å²) in [5.74, 6) is -0.372. The zero-order chi connectivity index (χ0) is 15.0. The van der Waals surface area contributed by atoms with Gasteiger partial charge in [0.25, 0.3) is 0 Å². The van der Waals surface area contributed by atoms with E-state index in [-0.39, 0.29) is 10.7 Å². The molecule has 0 aliphatic carbocycles. The summed E-state index contributed by atoms with van der Waals surface area (Å²) in [5.41, 5.74) is 5.12. The van der Waals surface area contributed by atoms with Crippen molar-refractivity contribution in [2.45, 2.75) is 24.7 Å². The number of nitrogens with two attached hydrogens (primary N) is 1. The Morgan fingerprint density at radius 3 is 2.25 bits per heavy atom. The van der Waals surface area contributed by atoms with Crippen molar-refractivity contribution in [2.75, 3.05) is 13.1 Å². The second kappa shape index (κ2) is 5.14. The zero-order valence-corrected chi connectivity index (χ0v) is 12.1. The molecule has 7 heteroatoms. The first-order chi connectivity index (χ1) is 9.25. The van der Waals surface area contributed by atoms with E-state index in [1.807, 2.05) is 6.92 Å². The maximum Gasteiger partial charge on any atom is 0.243 e. The average Bonchev–Trinajstić information content (AvgIpc) is 2.39. The molecule has 3 N–H and O–H groups in total. The SMILES string of the molecule is CC1(C(=N)N)CCN(S(=O)(=O)c2ccc(F)cc2)CC1. The molecule has 1 aliphatic rings. The molecule has 2 rings (SSSR count). The Morgan fingerprint density at radius 2 is 1.80 bits per heavy atom. The topological polar surface area (TPSA) is 87.2 Å². The molecular formula is C13H18FN3O2S. The molecule has 0 aromatic heterocycles. The molecule has 1 aliphatic heterocycles. The van der Waals surface area contributed by atoms with E-state index in [1.54, 1.807) is 0 Å². The molecule has 110 valence electrons. The summed E-state index contributed by atoms with van der Waals surface area (Å²) < 4.78 is 39.0. The Balaban J connectivity index is 2.17. The summed E-state index contributed by atoms with van der Waals surface area (Å²) in [5, 5.41) is 7.56. The number of halogens is 1. The van der Waals surface area contributed by atoms with Gasteiger partial charge in [-0.1, -0.05) is 6.92 Å². The molecule has 0 amide bonds. The van der Waals surface area contributed by atoms with Crippen molar-refractivity contribution in [3.63, 3.8) is 0 Å². The van der Waals surface area contributed by atoms with Gasteiger partial charge in [-0.2, -0.15) is 4.31 Å². The number of nitrogens with zero attached hydrogens (tertiary/aromatic N) is 1. The van der Waals surface area contributed by atoms with Crippen LogP contribution in [0.4, 0.5) is 4.39 Å². The third kappa shape index (κ3) is 2.69. The molecule has 0 saturated carbocycles. The predicted octanol–water partition coefficient (Wildman–Crippen LogP) is 1.55. The molecular weight excluding hydrogens is 281 g/mol. The Morgan fingerprint density at radius 1 is 1.30 bits per heavy atom. The first-order valence-electron chi connectivity index (χ1n) is 6.36. The predicted molar refractivity (Wildman–Crippen MR) is 74.4 cm³/mol. The third-order valence-electron chi connectivity index (χ3n) is 3.93. The average molecular weight is 299 g/mol. The van der Waals surface area contributed by atoms with Gasteiger partial charge in [0, 0.05) is 18.5 Å². The molecule has 0 unspecified atom stereocenters. The highest BCUT2D eigenvalue weighted by Gasteiger charge is 2.37. The first-order valence-corrected chi connectivity index (χ1v) is 7.80. The van der Waals surface area contributed by atoms with E-state index < -0.39 is 21.3 Å².